The second-order valence-electron chi connectivity index (χ2n) is 7.58. The predicted molar refractivity (Wildman–Crippen MR) is 103 cm³/mol. The van der Waals surface area contributed by atoms with E-state index in [4.69, 9.17) is 26.8 Å². The molecule has 3 atom stereocenters. The van der Waals surface area contributed by atoms with E-state index in [0.717, 1.165) is 11.1 Å². The van der Waals surface area contributed by atoms with E-state index in [1.807, 2.05) is 18.2 Å². The molecule has 1 fully saturated rings. The van der Waals surface area contributed by atoms with Crippen molar-refractivity contribution in [1.29, 1.82) is 0 Å². The van der Waals surface area contributed by atoms with E-state index >= 15 is 0 Å². The Hall–Kier alpha value is -2.60. The normalized spacial score (nSPS) is 28.2. The van der Waals surface area contributed by atoms with Gasteiger partial charge in [-0.25, -0.2) is 9.38 Å². The lowest BCUT2D eigenvalue weighted by molar-refractivity contribution is -0.126. The van der Waals surface area contributed by atoms with Crippen molar-refractivity contribution in [1.82, 2.24) is 0 Å². The van der Waals surface area contributed by atoms with Gasteiger partial charge in [-0.05, 0) is 47.9 Å². The molecule has 2 aliphatic heterocycles. The Kier molecular flexibility index (Phi) is 3.88. The summed E-state index contributed by atoms with van der Waals surface area (Å²) >= 11 is 6.03. The Morgan fingerprint density at radius 3 is 2.82 bits per heavy atom. The van der Waals surface area contributed by atoms with E-state index in [1.54, 1.807) is 6.07 Å². The van der Waals surface area contributed by atoms with Crippen LogP contribution in [0.2, 0.25) is 5.02 Å². The van der Waals surface area contributed by atoms with Crippen molar-refractivity contribution in [3.05, 3.63) is 52.8 Å². The van der Waals surface area contributed by atoms with Crippen LogP contribution >= 0.6 is 11.6 Å². The van der Waals surface area contributed by atoms with E-state index in [0.29, 0.717) is 35.6 Å². The first kappa shape index (κ1) is 17.5. The number of benzene rings is 2. The molecule has 1 aliphatic carbocycles. The maximum atomic E-state index is 13.9. The van der Waals surface area contributed by atoms with Crippen molar-refractivity contribution in [2.24, 2.45) is 16.6 Å². The molecular formula is C21H18ClFN2O3. The molecule has 5 rings (SSSR count). The highest BCUT2D eigenvalue weighted by Gasteiger charge is 2.55. The molecule has 0 bridgehead atoms. The quantitative estimate of drug-likeness (QED) is 0.789. The van der Waals surface area contributed by atoms with Crippen LogP contribution in [-0.4, -0.2) is 24.5 Å². The average molecular weight is 401 g/mol. The number of halogens is 2. The second kappa shape index (κ2) is 6.21. The minimum atomic E-state index is -0.772. The molecule has 2 aromatic carbocycles. The Labute approximate surface area is 166 Å². The smallest absolute Gasteiger partial charge is 0.283 e. The van der Waals surface area contributed by atoms with Crippen LogP contribution in [-0.2, 0) is 15.1 Å². The van der Waals surface area contributed by atoms with Gasteiger partial charge in [-0.15, -0.1) is 0 Å². The molecular weight excluding hydrogens is 383 g/mol. The first-order valence-electron chi connectivity index (χ1n) is 9.22. The lowest BCUT2D eigenvalue weighted by Crippen LogP contribution is -2.51. The lowest BCUT2D eigenvalue weighted by atomic mass is 9.68. The fraction of sp³-hybridized carbons (Fsp3) is 0.333. The summed E-state index contributed by atoms with van der Waals surface area (Å²) in [6.07, 6.45) is 1.42. The Morgan fingerprint density at radius 2 is 2.07 bits per heavy atom. The van der Waals surface area contributed by atoms with Crippen molar-refractivity contribution in [3.63, 3.8) is 0 Å². The number of rotatable bonds is 1. The van der Waals surface area contributed by atoms with E-state index in [1.165, 1.54) is 12.1 Å². The molecule has 2 heterocycles. The molecule has 5 nitrogen and oxygen atoms in total. The van der Waals surface area contributed by atoms with Crippen molar-refractivity contribution < 1.29 is 18.7 Å². The Balaban J connectivity index is 1.68. The highest BCUT2D eigenvalue weighted by Crippen LogP contribution is 2.52. The maximum absolute atomic E-state index is 13.9. The number of fused-ring (bicyclic) bond motifs is 4. The van der Waals surface area contributed by atoms with Gasteiger partial charge in [0.05, 0.1) is 0 Å². The van der Waals surface area contributed by atoms with Crippen LogP contribution in [0.15, 0.2) is 41.4 Å². The van der Waals surface area contributed by atoms with Gasteiger partial charge in [-0.1, -0.05) is 17.7 Å². The average Bonchev–Trinajstić information content (AvgIpc) is 3.04. The number of carbonyl (C=O) groups excluding carboxylic acids is 1. The van der Waals surface area contributed by atoms with Gasteiger partial charge in [0, 0.05) is 29.3 Å². The number of carbonyl (C=O) groups is 1. The Bertz CT molecular complexity index is 1000. The van der Waals surface area contributed by atoms with Gasteiger partial charge in [-0.2, -0.15) is 0 Å². The third kappa shape index (κ3) is 2.66. The summed E-state index contributed by atoms with van der Waals surface area (Å²) < 4.78 is 25.6. The van der Waals surface area contributed by atoms with Gasteiger partial charge in [0.15, 0.2) is 0 Å². The van der Waals surface area contributed by atoms with Gasteiger partial charge in [-0.3, -0.25) is 4.79 Å². The molecule has 2 aromatic rings. The summed E-state index contributed by atoms with van der Waals surface area (Å²) in [5.41, 5.74) is 7.35. The molecule has 0 amide bonds. The standard InChI is InChI=1S/C21H18ClFN2O3/c22-13-5-12(6-14(23)8-13)11-1-3-18-16(7-11)21(10-27-20(24)25-21)17-9-15(26)2-4-19(17)28-18/h1,3,5-8,17,19H,2,4,9-10H2,(H2,24,25)/t17-,19-,21+/m1/s1. The van der Waals surface area contributed by atoms with Crippen LogP contribution in [0.1, 0.15) is 24.8 Å². The van der Waals surface area contributed by atoms with E-state index in [9.17, 15) is 9.18 Å². The van der Waals surface area contributed by atoms with Gasteiger partial charge in [0.2, 0.25) is 0 Å². The number of amidine groups is 1. The van der Waals surface area contributed by atoms with Gasteiger partial charge in [0.1, 0.15) is 35.6 Å². The van der Waals surface area contributed by atoms with E-state index in [2.05, 4.69) is 4.99 Å². The number of nitrogens with zero attached hydrogens (tertiary/aromatic N) is 1. The zero-order valence-electron chi connectivity index (χ0n) is 15.0. The number of Topliss-reactive ketones (excluding diaryl/α,β-unsaturated/α-hetero) is 1. The highest BCUT2D eigenvalue weighted by molar-refractivity contribution is 6.30. The summed E-state index contributed by atoms with van der Waals surface area (Å²) in [7, 11) is 0. The molecule has 144 valence electrons. The number of ketones is 1. The van der Waals surface area contributed by atoms with Crippen LogP contribution < -0.4 is 10.5 Å². The third-order valence-electron chi connectivity index (χ3n) is 5.89. The predicted octanol–water partition coefficient (Wildman–Crippen LogP) is 3.82. The summed E-state index contributed by atoms with van der Waals surface area (Å²) in [6.45, 7) is 0.261. The molecule has 1 spiro atoms. The van der Waals surface area contributed by atoms with Gasteiger partial charge >= 0.3 is 0 Å². The second-order valence-corrected chi connectivity index (χ2v) is 8.01. The molecule has 0 unspecified atom stereocenters. The molecule has 28 heavy (non-hydrogen) atoms. The monoisotopic (exact) mass is 400 g/mol. The fourth-order valence-corrected chi connectivity index (χ4v) is 4.83. The number of hydrogen-bond donors (Lipinski definition) is 1. The maximum Gasteiger partial charge on any atom is 0.283 e. The molecule has 0 saturated heterocycles. The number of aliphatic imine (C=N–C) groups is 1. The van der Waals surface area contributed by atoms with Crippen LogP contribution in [0.25, 0.3) is 11.1 Å². The largest absolute Gasteiger partial charge is 0.490 e. The molecule has 2 N–H and O–H groups in total. The summed E-state index contributed by atoms with van der Waals surface area (Å²) in [4.78, 5) is 16.8. The first-order valence-corrected chi connectivity index (χ1v) is 9.60. The van der Waals surface area contributed by atoms with Crippen molar-refractivity contribution in [2.45, 2.75) is 30.9 Å². The fourth-order valence-electron chi connectivity index (χ4n) is 4.61. The number of ether oxygens (including phenoxy) is 2. The van der Waals surface area contributed by atoms with Crippen molar-refractivity contribution in [3.8, 4) is 16.9 Å². The van der Waals surface area contributed by atoms with E-state index < -0.39 is 11.4 Å². The zero-order chi connectivity index (χ0) is 19.5. The van der Waals surface area contributed by atoms with Crippen LogP contribution in [0, 0.1) is 11.7 Å². The molecule has 1 saturated carbocycles. The summed E-state index contributed by atoms with van der Waals surface area (Å²) in [5.74, 6) is 0.342. The molecule has 0 aromatic heterocycles. The SMILES string of the molecule is NC1=N[C@@]2(CO1)c1cc(-c3cc(F)cc(Cl)c3)ccc1O[C@@H]1CCC(=O)C[C@H]12. The minimum Gasteiger partial charge on any atom is -0.490 e. The lowest BCUT2D eigenvalue weighted by Gasteiger charge is -2.45. The zero-order valence-corrected chi connectivity index (χ0v) is 15.7. The van der Waals surface area contributed by atoms with E-state index in [-0.39, 0.29) is 30.4 Å². The first-order chi connectivity index (χ1) is 13.4. The van der Waals surface area contributed by atoms with Crippen LogP contribution in [0.4, 0.5) is 4.39 Å². The highest BCUT2D eigenvalue weighted by atomic mass is 35.5. The third-order valence-corrected chi connectivity index (χ3v) is 6.11. The van der Waals surface area contributed by atoms with Gasteiger partial charge < -0.3 is 15.2 Å². The Morgan fingerprint density at radius 1 is 1.21 bits per heavy atom. The number of nitrogens with two attached hydrogens (primary N) is 1. The number of hydrogen-bond acceptors (Lipinski definition) is 5. The topological polar surface area (TPSA) is 73.9 Å². The summed E-state index contributed by atoms with van der Waals surface area (Å²) in [6, 6.07) is 10.2. The van der Waals surface area contributed by atoms with Crippen molar-refractivity contribution in [2.75, 3.05) is 6.61 Å². The van der Waals surface area contributed by atoms with Crippen LogP contribution in [0.5, 0.6) is 5.75 Å². The minimum absolute atomic E-state index is 0.113. The van der Waals surface area contributed by atoms with Gasteiger partial charge in [0.25, 0.3) is 6.02 Å². The molecule has 0 radical (unpaired) electrons. The van der Waals surface area contributed by atoms with Crippen LogP contribution in [0.3, 0.4) is 0 Å². The van der Waals surface area contributed by atoms with Crippen molar-refractivity contribution >= 4 is 23.4 Å². The molecule has 7 heteroatoms. The molecule has 3 aliphatic rings. The summed E-state index contributed by atoms with van der Waals surface area (Å²) in [5, 5.41) is 0.322.